The lowest BCUT2D eigenvalue weighted by molar-refractivity contribution is 0.585. The molecule has 0 amide bonds. The summed E-state index contributed by atoms with van der Waals surface area (Å²) in [6.45, 7) is 1.86. The average molecular weight is 200 g/mol. The van der Waals surface area contributed by atoms with Crippen molar-refractivity contribution in [2.24, 2.45) is 11.1 Å². The summed E-state index contributed by atoms with van der Waals surface area (Å²) in [5.74, 6) is 1.23. The Morgan fingerprint density at radius 1 is 1.69 bits per heavy atom. The Kier molecular flexibility index (Phi) is 3.46. The topological polar surface area (TPSA) is 66.9 Å². The predicted molar refractivity (Wildman–Crippen MR) is 53.4 cm³/mol. The monoisotopic (exact) mass is 200 g/mol. The van der Waals surface area contributed by atoms with Crippen LogP contribution < -0.4 is 5.73 Å². The summed E-state index contributed by atoms with van der Waals surface area (Å²) in [6, 6.07) is 2.16. The van der Waals surface area contributed by atoms with Gasteiger partial charge in [-0.05, 0) is 25.2 Å². The quantitative estimate of drug-likeness (QED) is 0.713. The number of rotatable bonds is 5. The minimum atomic E-state index is -0.835. The van der Waals surface area contributed by atoms with Gasteiger partial charge in [0.05, 0.1) is 6.07 Å². The van der Waals surface area contributed by atoms with Crippen LogP contribution in [0.1, 0.15) is 26.2 Å². The Morgan fingerprint density at radius 2 is 2.31 bits per heavy atom. The molecular formula is C9H16N2OS. The zero-order chi connectivity index (χ0) is 9.90. The van der Waals surface area contributed by atoms with Crippen molar-refractivity contribution in [3.8, 4) is 6.07 Å². The summed E-state index contributed by atoms with van der Waals surface area (Å²) in [5.41, 5.74) is 5.64. The number of nitriles is 1. The molecule has 1 saturated carbocycles. The molecule has 74 valence electrons. The standard InChI is InChI=1S/C9H16N2OS/c1-8(11)6-13(12)7-9(2-3-9)4-5-10/h8H,2-4,6-7,11H2,1H3. The molecule has 0 aromatic carbocycles. The van der Waals surface area contributed by atoms with Crippen molar-refractivity contribution in [3.05, 3.63) is 0 Å². The molecular weight excluding hydrogens is 184 g/mol. The lowest BCUT2D eigenvalue weighted by atomic mass is 10.1. The normalized spacial score (nSPS) is 23.2. The van der Waals surface area contributed by atoms with Crippen LogP contribution in [-0.2, 0) is 10.8 Å². The zero-order valence-corrected chi connectivity index (χ0v) is 8.77. The van der Waals surface area contributed by atoms with Gasteiger partial charge in [0.15, 0.2) is 0 Å². The molecule has 0 heterocycles. The van der Waals surface area contributed by atoms with Gasteiger partial charge in [-0.3, -0.25) is 4.21 Å². The van der Waals surface area contributed by atoms with E-state index in [4.69, 9.17) is 11.0 Å². The summed E-state index contributed by atoms with van der Waals surface area (Å²) >= 11 is 0. The molecule has 4 heteroatoms. The van der Waals surface area contributed by atoms with Crippen LogP contribution >= 0.6 is 0 Å². The van der Waals surface area contributed by atoms with Crippen LogP contribution in [0.5, 0.6) is 0 Å². The van der Waals surface area contributed by atoms with Gasteiger partial charge in [-0.1, -0.05) is 0 Å². The number of hydrogen-bond donors (Lipinski definition) is 1. The van der Waals surface area contributed by atoms with E-state index in [1.165, 1.54) is 0 Å². The fourth-order valence-electron chi connectivity index (χ4n) is 1.41. The molecule has 2 unspecified atom stereocenters. The van der Waals surface area contributed by atoms with Crippen molar-refractivity contribution in [1.82, 2.24) is 0 Å². The summed E-state index contributed by atoms with van der Waals surface area (Å²) < 4.78 is 11.5. The van der Waals surface area contributed by atoms with Crippen LogP contribution in [0.3, 0.4) is 0 Å². The first-order chi connectivity index (χ1) is 6.08. The van der Waals surface area contributed by atoms with E-state index in [1.807, 2.05) is 6.92 Å². The lowest BCUT2D eigenvalue weighted by Gasteiger charge is -2.11. The maximum Gasteiger partial charge on any atom is 0.0627 e. The minimum absolute atomic E-state index is 0.00119. The first-order valence-corrected chi connectivity index (χ1v) is 6.04. The van der Waals surface area contributed by atoms with E-state index < -0.39 is 10.8 Å². The second-order valence-corrected chi connectivity index (χ2v) is 5.56. The van der Waals surface area contributed by atoms with E-state index in [2.05, 4.69) is 6.07 Å². The summed E-state index contributed by atoms with van der Waals surface area (Å²) in [7, 11) is -0.835. The molecule has 1 fully saturated rings. The van der Waals surface area contributed by atoms with Gasteiger partial charge in [-0.15, -0.1) is 0 Å². The van der Waals surface area contributed by atoms with Gasteiger partial charge in [0.1, 0.15) is 0 Å². The van der Waals surface area contributed by atoms with Crippen molar-refractivity contribution in [1.29, 1.82) is 5.26 Å². The Balaban J connectivity index is 2.32. The molecule has 0 aromatic heterocycles. The van der Waals surface area contributed by atoms with Crippen LogP contribution in [0.4, 0.5) is 0 Å². The predicted octanol–water partition coefficient (Wildman–Crippen LogP) is 0.776. The van der Waals surface area contributed by atoms with Gasteiger partial charge in [0, 0.05) is 34.8 Å². The maximum atomic E-state index is 11.5. The third kappa shape index (κ3) is 3.45. The van der Waals surface area contributed by atoms with E-state index in [1.54, 1.807) is 0 Å². The Morgan fingerprint density at radius 3 is 2.69 bits per heavy atom. The van der Waals surface area contributed by atoms with Crippen molar-refractivity contribution in [2.75, 3.05) is 11.5 Å². The average Bonchev–Trinajstić information content (AvgIpc) is 2.67. The Labute approximate surface area is 81.8 Å². The van der Waals surface area contributed by atoms with Crippen molar-refractivity contribution < 1.29 is 4.21 Å². The SMILES string of the molecule is CC(N)CS(=O)CC1(CC#N)CC1. The van der Waals surface area contributed by atoms with Gasteiger partial charge in [0.25, 0.3) is 0 Å². The van der Waals surface area contributed by atoms with Gasteiger partial charge < -0.3 is 5.73 Å². The maximum absolute atomic E-state index is 11.5. The minimum Gasteiger partial charge on any atom is -0.327 e. The highest BCUT2D eigenvalue weighted by molar-refractivity contribution is 7.85. The van der Waals surface area contributed by atoms with E-state index in [0.29, 0.717) is 17.9 Å². The van der Waals surface area contributed by atoms with Gasteiger partial charge >= 0.3 is 0 Å². The molecule has 2 atom stereocenters. The molecule has 0 saturated heterocycles. The summed E-state index contributed by atoms with van der Waals surface area (Å²) in [4.78, 5) is 0. The number of hydrogen-bond acceptors (Lipinski definition) is 3. The first-order valence-electron chi connectivity index (χ1n) is 4.55. The molecule has 13 heavy (non-hydrogen) atoms. The molecule has 0 spiro atoms. The second-order valence-electron chi connectivity index (χ2n) is 4.06. The largest absolute Gasteiger partial charge is 0.327 e. The van der Waals surface area contributed by atoms with Gasteiger partial charge in [-0.2, -0.15) is 5.26 Å². The van der Waals surface area contributed by atoms with E-state index in [0.717, 1.165) is 12.8 Å². The molecule has 1 rings (SSSR count). The van der Waals surface area contributed by atoms with Crippen LogP contribution in [0.15, 0.2) is 0 Å². The van der Waals surface area contributed by atoms with Crippen molar-refractivity contribution >= 4 is 10.8 Å². The van der Waals surface area contributed by atoms with Crippen LogP contribution in [0, 0.1) is 16.7 Å². The van der Waals surface area contributed by atoms with Crippen molar-refractivity contribution in [2.45, 2.75) is 32.2 Å². The summed E-state index contributed by atoms with van der Waals surface area (Å²) in [6.07, 6.45) is 2.67. The zero-order valence-electron chi connectivity index (χ0n) is 7.95. The molecule has 0 radical (unpaired) electrons. The Bertz CT molecular complexity index is 240. The van der Waals surface area contributed by atoms with E-state index in [-0.39, 0.29) is 11.5 Å². The number of nitrogens with two attached hydrogens (primary N) is 1. The van der Waals surface area contributed by atoms with Gasteiger partial charge in [0.2, 0.25) is 0 Å². The molecule has 2 N–H and O–H groups in total. The molecule has 0 bridgehead atoms. The van der Waals surface area contributed by atoms with Crippen LogP contribution in [0.2, 0.25) is 0 Å². The highest BCUT2D eigenvalue weighted by atomic mass is 32.2. The lowest BCUT2D eigenvalue weighted by Crippen LogP contribution is -2.26. The Hall–Kier alpha value is -0.400. The van der Waals surface area contributed by atoms with Crippen LogP contribution in [-0.4, -0.2) is 21.8 Å². The molecule has 1 aliphatic rings. The van der Waals surface area contributed by atoms with Crippen molar-refractivity contribution in [3.63, 3.8) is 0 Å². The van der Waals surface area contributed by atoms with E-state index >= 15 is 0 Å². The second kappa shape index (κ2) is 4.21. The highest BCUT2D eigenvalue weighted by Crippen LogP contribution is 2.49. The summed E-state index contributed by atoms with van der Waals surface area (Å²) in [5, 5.41) is 8.56. The highest BCUT2D eigenvalue weighted by Gasteiger charge is 2.43. The third-order valence-corrected chi connectivity index (χ3v) is 4.16. The molecule has 0 aromatic rings. The fourth-order valence-corrected chi connectivity index (χ4v) is 3.19. The van der Waals surface area contributed by atoms with Gasteiger partial charge in [-0.25, -0.2) is 0 Å². The molecule has 0 aliphatic heterocycles. The smallest absolute Gasteiger partial charge is 0.0627 e. The fraction of sp³-hybridized carbons (Fsp3) is 0.889. The van der Waals surface area contributed by atoms with Crippen LogP contribution in [0.25, 0.3) is 0 Å². The third-order valence-electron chi connectivity index (χ3n) is 2.33. The first kappa shape index (κ1) is 10.7. The molecule has 1 aliphatic carbocycles. The molecule has 3 nitrogen and oxygen atoms in total. The van der Waals surface area contributed by atoms with E-state index in [9.17, 15) is 4.21 Å². The number of nitrogens with zero attached hydrogens (tertiary/aromatic N) is 1.